The number of carbonyl (C=O) groups is 3. The Hall–Kier alpha value is -3.12. The fraction of sp³-hybridized carbons (Fsp3) is 0.562. The number of hydrogen-bond donors (Lipinski definition) is 2. The second kappa shape index (κ2) is 15.7. The zero-order valence-electron chi connectivity index (χ0n) is 25.0. The minimum atomic E-state index is -4.70. The van der Waals surface area contributed by atoms with E-state index in [2.05, 4.69) is 21.8 Å². The fourth-order valence-corrected chi connectivity index (χ4v) is 7.14. The van der Waals surface area contributed by atoms with Crippen molar-refractivity contribution in [1.29, 1.82) is 0 Å². The van der Waals surface area contributed by atoms with Crippen LogP contribution >= 0.6 is 11.9 Å². The number of carbonyl (C=O) groups excluding carboxylic acids is 2. The number of benzene rings is 1. The minimum absolute atomic E-state index is 0.0158. The van der Waals surface area contributed by atoms with Crippen molar-refractivity contribution in [3.05, 3.63) is 59.4 Å². The summed E-state index contributed by atoms with van der Waals surface area (Å²) in [5.41, 5.74) is -0.446. The van der Waals surface area contributed by atoms with E-state index in [0.717, 1.165) is 30.2 Å². The number of carboxylic acid groups (broad SMARTS) is 1. The van der Waals surface area contributed by atoms with E-state index in [1.165, 1.54) is 34.7 Å². The molecular weight excluding hydrogens is 593 g/mol. The highest BCUT2D eigenvalue weighted by molar-refractivity contribution is 7.97. The Morgan fingerprint density at radius 3 is 2.52 bits per heavy atom. The van der Waals surface area contributed by atoms with Crippen molar-refractivity contribution in [3.8, 4) is 0 Å². The third-order valence-corrected chi connectivity index (χ3v) is 9.48. The van der Waals surface area contributed by atoms with Gasteiger partial charge in [0.15, 0.2) is 0 Å². The summed E-state index contributed by atoms with van der Waals surface area (Å²) >= 11 is 1.51. The number of carboxylic acids is 1. The maximum Gasteiger partial charge on any atom is 0.418 e. The van der Waals surface area contributed by atoms with E-state index in [9.17, 15) is 27.6 Å². The van der Waals surface area contributed by atoms with Gasteiger partial charge in [0, 0.05) is 49.7 Å². The highest BCUT2D eigenvalue weighted by Gasteiger charge is 2.43. The average molecular weight is 635 g/mol. The van der Waals surface area contributed by atoms with E-state index in [1.54, 1.807) is 0 Å². The fourth-order valence-electron chi connectivity index (χ4n) is 6.31. The lowest BCUT2D eigenvalue weighted by Crippen LogP contribution is -2.54. The highest BCUT2D eigenvalue weighted by Crippen LogP contribution is 2.35. The number of pyridine rings is 1. The number of hydrogen-bond acceptors (Lipinski definition) is 6. The molecule has 2 aliphatic rings. The van der Waals surface area contributed by atoms with E-state index < -0.39 is 41.3 Å². The largest absolute Gasteiger partial charge is 0.481 e. The van der Waals surface area contributed by atoms with Crippen molar-refractivity contribution in [2.24, 2.45) is 11.8 Å². The third kappa shape index (κ3) is 8.74. The summed E-state index contributed by atoms with van der Waals surface area (Å²) in [6, 6.07) is 9.73. The van der Waals surface area contributed by atoms with E-state index in [0.29, 0.717) is 64.2 Å². The lowest BCUT2D eigenvalue weighted by atomic mass is 9.83. The van der Waals surface area contributed by atoms with Gasteiger partial charge < -0.3 is 14.9 Å². The third-order valence-electron chi connectivity index (χ3n) is 8.52. The molecule has 0 radical (unpaired) electrons. The zero-order chi connectivity index (χ0) is 31.7. The highest BCUT2D eigenvalue weighted by atomic mass is 32.2. The maximum atomic E-state index is 13.8. The van der Waals surface area contributed by atoms with Crippen molar-refractivity contribution in [3.63, 3.8) is 0 Å². The van der Waals surface area contributed by atoms with E-state index in [1.807, 2.05) is 24.0 Å². The molecule has 44 heavy (non-hydrogen) atoms. The molecule has 0 spiro atoms. The molecule has 2 unspecified atom stereocenters. The molecule has 2 N–H and O–H groups in total. The molecule has 8 nitrogen and oxygen atoms in total. The van der Waals surface area contributed by atoms with Gasteiger partial charge >= 0.3 is 12.1 Å². The number of nitrogens with zero attached hydrogens (tertiary/aromatic N) is 3. The van der Waals surface area contributed by atoms with Gasteiger partial charge in [-0.2, -0.15) is 13.2 Å². The number of aromatic nitrogens is 1. The molecule has 2 atom stereocenters. The van der Waals surface area contributed by atoms with Crippen LogP contribution in [0.1, 0.15) is 79.9 Å². The summed E-state index contributed by atoms with van der Waals surface area (Å²) in [4.78, 5) is 46.3. The van der Waals surface area contributed by atoms with Crippen LogP contribution in [0.4, 0.5) is 13.2 Å². The molecule has 2 aliphatic heterocycles. The van der Waals surface area contributed by atoms with Crippen LogP contribution in [0.3, 0.4) is 0 Å². The van der Waals surface area contributed by atoms with Gasteiger partial charge in [0.05, 0.1) is 11.5 Å². The first-order valence-electron chi connectivity index (χ1n) is 15.4. The van der Waals surface area contributed by atoms with Crippen LogP contribution in [-0.4, -0.2) is 69.9 Å². The summed E-state index contributed by atoms with van der Waals surface area (Å²) in [7, 11) is 0. The van der Waals surface area contributed by atoms with Gasteiger partial charge in [-0.1, -0.05) is 31.5 Å². The molecule has 0 aliphatic carbocycles. The van der Waals surface area contributed by atoms with Gasteiger partial charge in [0.25, 0.3) is 5.91 Å². The van der Waals surface area contributed by atoms with Gasteiger partial charge in [0.2, 0.25) is 5.91 Å². The van der Waals surface area contributed by atoms with Crippen LogP contribution < -0.4 is 4.72 Å². The number of nitrogens with one attached hydrogen (secondary N) is 1. The molecule has 0 saturated carbocycles. The Bertz CT molecular complexity index is 1290. The van der Waals surface area contributed by atoms with Crippen LogP contribution in [0.15, 0.2) is 47.5 Å². The number of piperidine rings is 2. The first-order chi connectivity index (χ1) is 21.1. The van der Waals surface area contributed by atoms with Gasteiger partial charge in [-0.05, 0) is 86.6 Å². The molecule has 0 bridgehead atoms. The first-order valence-corrected chi connectivity index (χ1v) is 16.2. The van der Waals surface area contributed by atoms with Crippen molar-refractivity contribution in [2.45, 2.75) is 81.8 Å². The number of rotatable bonds is 12. The Morgan fingerprint density at radius 2 is 1.82 bits per heavy atom. The number of likely N-dealkylation sites (tertiary alicyclic amines) is 2. The second-order valence-corrected chi connectivity index (χ2v) is 12.5. The SMILES string of the molecule is CCCC1C(C(=O)N2CCC(Cc3ccccc3SNCCCC(=O)O)CC2)CCCN1C(=O)c1ncccc1C(F)(F)F. The lowest BCUT2D eigenvalue weighted by Gasteiger charge is -2.43. The van der Waals surface area contributed by atoms with Gasteiger partial charge in [-0.25, -0.2) is 0 Å². The molecule has 2 fully saturated rings. The van der Waals surface area contributed by atoms with Crippen molar-refractivity contribution < 1.29 is 32.7 Å². The second-order valence-electron chi connectivity index (χ2n) is 11.6. The average Bonchev–Trinajstić information content (AvgIpc) is 3.01. The van der Waals surface area contributed by atoms with Crippen LogP contribution in [-0.2, 0) is 22.2 Å². The molecule has 2 amide bonds. The van der Waals surface area contributed by atoms with Crippen molar-refractivity contribution in [2.75, 3.05) is 26.2 Å². The van der Waals surface area contributed by atoms with Gasteiger partial charge in [0.1, 0.15) is 5.69 Å². The molecular formula is C32H41F3N4O4S. The molecule has 240 valence electrons. The summed E-state index contributed by atoms with van der Waals surface area (Å²) in [6.07, 6.45) is 2.11. The van der Waals surface area contributed by atoms with E-state index in [4.69, 9.17) is 5.11 Å². The monoisotopic (exact) mass is 634 g/mol. The predicted molar refractivity (Wildman–Crippen MR) is 162 cm³/mol. The molecule has 3 heterocycles. The van der Waals surface area contributed by atoms with Crippen LogP contribution in [0.2, 0.25) is 0 Å². The molecule has 4 rings (SSSR count). The molecule has 12 heteroatoms. The summed E-state index contributed by atoms with van der Waals surface area (Å²) in [5.74, 6) is -1.64. The summed E-state index contributed by atoms with van der Waals surface area (Å²) < 4.78 is 44.3. The predicted octanol–water partition coefficient (Wildman–Crippen LogP) is 6.06. The topological polar surface area (TPSA) is 103 Å². The first kappa shape index (κ1) is 33.8. The number of amides is 2. The number of halogens is 3. The lowest BCUT2D eigenvalue weighted by molar-refractivity contribution is -0.141. The van der Waals surface area contributed by atoms with Crippen LogP contribution in [0.25, 0.3) is 0 Å². The van der Waals surface area contributed by atoms with Gasteiger partial charge in [-0.15, -0.1) is 0 Å². The smallest absolute Gasteiger partial charge is 0.418 e. The Morgan fingerprint density at radius 1 is 1.07 bits per heavy atom. The maximum absolute atomic E-state index is 13.8. The Kier molecular flexibility index (Phi) is 12.1. The zero-order valence-corrected chi connectivity index (χ0v) is 25.8. The standard InChI is InChI=1S/C32H41F3N4O4S/c1-2-8-26-24(10-7-18-39(26)31(43)29-25(32(33,34)35)11-5-16-36-29)30(42)38-19-14-22(15-20-38)21-23-9-3-4-12-27(23)44-37-17-6-13-28(40)41/h3-5,9,11-12,16,22,24,26,37H,2,6-8,10,13-15,17-21H2,1H3,(H,40,41). The van der Waals surface area contributed by atoms with Crippen molar-refractivity contribution in [1.82, 2.24) is 19.5 Å². The van der Waals surface area contributed by atoms with E-state index in [-0.39, 0.29) is 12.3 Å². The molecule has 1 aromatic heterocycles. The minimum Gasteiger partial charge on any atom is -0.481 e. The summed E-state index contributed by atoms with van der Waals surface area (Å²) in [5, 5.41) is 8.82. The Labute approximate surface area is 260 Å². The molecule has 2 aromatic rings. The molecule has 1 aromatic carbocycles. The van der Waals surface area contributed by atoms with Crippen molar-refractivity contribution >= 4 is 29.7 Å². The van der Waals surface area contributed by atoms with Gasteiger partial charge in [-0.3, -0.25) is 24.1 Å². The normalized spacial score (nSPS) is 19.6. The Balaban J connectivity index is 1.37. The van der Waals surface area contributed by atoms with Crippen LogP contribution in [0, 0.1) is 11.8 Å². The summed E-state index contributed by atoms with van der Waals surface area (Å²) in [6.45, 7) is 4.06. The quantitative estimate of drug-likeness (QED) is 0.216. The number of aliphatic carboxylic acids is 1. The number of alkyl halides is 3. The van der Waals surface area contributed by atoms with Crippen LogP contribution in [0.5, 0.6) is 0 Å². The van der Waals surface area contributed by atoms with E-state index >= 15 is 0 Å². The molecule has 2 saturated heterocycles.